The number of nitrogens with zero attached hydrogens (tertiary/aromatic N) is 1. The molecule has 0 amide bonds. The summed E-state index contributed by atoms with van der Waals surface area (Å²) in [5.41, 5.74) is 9.16. The lowest BCUT2D eigenvalue weighted by Crippen LogP contribution is -1.96. The molecule has 1 aromatic carbocycles. The van der Waals surface area contributed by atoms with E-state index >= 15 is 0 Å². The SMILES string of the molecule is COc1ccc(CCCc2cnccc2N)cc1. The van der Waals surface area contributed by atoms with Gasteiger partial charge in [0.1, 0.15) is 5.75 Å². The van der Waals surface area contributed by atoms with Gasteiger partial charge in [0.15, 0.2) is 0 Å². The molecule has 0 bridgehead atoms. The molecule has 3 nitrogen and oxygen atoms in total. The maximum absolute atomic E-state index is 5.88. The number of pyridine rings is 1. The van der Waals surface area contributed by atoms with Gasteiger partial charge in [-0.25, -0.2) is 0 Å². The van der Waals surface area contributed by atoms with Crippen molar-refractivity contribution in [2.75, 3.05) is 12.8 Å². The molecular formula is C15H18N2O. The molecule has 1 heterocycles. The van der Waals surface area contributed by atoms with Gasteiger partial charge in [-0.1, -0.05) is 12.1 Å². The highest BCUT2D eigenvalue weighted by Gasteiger charge is 2.00. The van der Waals surface area contributed by atoms with Gasteiger partial charge in [-0.05, 0) is 48.6 Å². The van der Waals surface area contributed by atoms with Gasteiger partial charge in [0.05, 0.1) is 7.11 Å². The zero-order chi connectivity index (χ0) is 12.8. The first kappa shape index (κ1) is 12.4. The number of ether oxygens (including phenoxy) is 1. The molecule has 1 aromatic heterocycles. The first-order valence-corrected chi connectivity index (χ1v) is 6.11. The number of nitrogens with two attached hydrogens (primary N) is 1. The van der Waals surface area contributed by atoms with Crippen LogP contribution in [0.5, 0.6) is 5.75 Å². The van der Waals surface area contributed by atoms with Gasteiger partial charge in [-0.15, -0.1) is 0 Å². The van der Waals surface area contributed by atoms with Crippen LogP contribution in [0.25, 0.3) is 0 Å². The van der Waals surface area contributed by atoms with Crippen LogP contribution in [-0.4, -0.2) is 12.1 Å². The van der Waals surface area contributed by atoms with E-state index < -0.39 is 0 Å². The molecular weight excluding hydrogens is 224 g/mol. The summed E-state index contributed by atoms with van der Waals surface area (Å²) < 4.78 is 5.13. The molecule has 0 radical (unpaired) electrons. The van der Waals surface area contributed by atoms with Gasteiger partial charge < -0.3 is 10.5 Å². The third-order valence-corrected chi connectivity index (χ3v) is 3.01. The zero-order valence-electron chi connectivity index (χ0n) is 10.6. The van der Waals surface area contributed by atoms with Gasteiger partial charge >= 0.3 is 0 Å². The molecule has 2 aromatic rings. The second-order valence-corrected chi connectivity index (χ2v) is 4.28. The number of nitrogen functional groups attached to an aromatic ring is 1. The molecule has 18 heavy (non-hydrogen) atoms. The highest BCUT2D eigenvalue weighted by molar-refractivity contribution is 5.44. The lowest BCUT2D eigenvalue weighted by Gasteiger charge is -2.05. The lowest BCUT2D eigenvalue weighted by molar-refractivity contribution is 0.414. The van der Waals surface area contributed by atoms with Crippen molar-refractivity contribution in [2.45, 2.75) is 19.3 Å². The van der Waals surface area contributed by atoms with Crippen LogP contribution in [-0.2, 0) is 12.8 Å². The highest BCUT2D eigenvalue weighted by atomic mass is 16.5. The summed E-state index contributed by atoms with van der Waals surface area (Å²) in [4.78, 5) is 4.10. The fourth-order valence-electron chi connectivity index (χ4n) is 1.92. The Labute approximate surface area is 108 Å². The summed E-state index contributed by atoms with van der Waals surface area (Å²) in [6.45, 7) is 0. The second-order valence-electron chi connectivity index (χ2n) is 4.28. The van der Waals surface area contributed by atoms with Crippen molar-refractivity contribution in [3.8, 4) is 5.75 Å². The Hall–Kier alpha value is -2.03. The predicted octanol–water partition coefficient (Wildman–Crippen LogP) is 2.85. The standard InChI is InChI=1S/C15H18N2O/c1-18-14-7-5-12(6-8-14)3-2-4-13-11-17-10-9-15(13)16/h5-11H,2-4H2,1H3,(H2,16,17). The Balaban J connectivity index is 1.86. The molecule has 0 unspecified atom stereocenters. The van der Waals surface area contributed by atoms with Gasteiger partial charge in [0.25, 0.3) is 0 Å². The Morgan fingerprint density at radius 2 is 1.89 bits per heavy atom. The van der Waals surface area contributed by atoms with Crippen molar-refractivity contribution in [3.05, 3.63) is 53.9 Å². The van der Waals surface area contributed by atoms with Crippen LogP contribution in [0.2, 0.25) is 0 Å². The topological polar surface area (TPSA) is 48.1 Å². The molecule has 0 atom stereocenters. The van der Waals surface area contributed by atoms with Crippen LogP contribution in [0.4, 0.5) is 5.69 Å². The smallest absolute Gasteiger partial charge is 0.118 e. The summed E-state index contributed by atoms with van der Waals surface area (Å²) in [6, 6.07) is 10.0. The van der Waals surface area contributed by atoms with Gasteiger partial charge in [-0.2, -0.15) is 0 Å². The van der Waals surface area contributed by atoms with E-state index in [9.17, 15) is 0 Å². The van der Waals surface area contributed by atoms with E-state index in [0.29, 0.717) is 0 Å². The molecule has 0 fully saturated rings. The number of rotatable bonds is 5. The molecule has 0 aliphatic carbocycles. The first-order chi connectivity index (χ1) is 8.79. The number of benzene rings is 1. The maximum atomic E-state index is 5.88. The van der Waals surface area contributed by atoms with E-state index in [4.69, 9.17) is 10.5 Å². The Kier molecular flexibility index (Phi) is 4.18. The number of aryl methyl sites for hydroxylation is 2. The fourth-order valence-corrected chi connectivity index (χ4v) is 1.92. The minimum Gasteiger partial charge on any atom is -0.497 e. The number of hydrogen-bond donors (Lipinski definition) is 1. The van der Waals surface area contributed by atoms with Crippen LogP contribution >= 0.6 is 0 Å². The summed E-state index contributed by atoms with van der Waals surface area (Å²) in [6.07, 6.45) is 6.65. The van der Waals surface area contributed by atoms with Crippen molar-refractivity contribution >= 4 is 5.69 Å². The van der Waals surface area contributed by atoms with Gasteiger partial charge in [0.2, 0.25) is 0 Å². The average Bonchev–Trinajstić information content (AvgIpc) is 2.42. The fraction of sp³-hybridized carbons (Fsp3) is 0.267. The largest absolute Gasteiger partial charge is 0.497 e. The number of hydrogen-bond acceptors (Lipinski definition) is 3. The minimum atomic E-state index is 0.833. The lowest BCUT2D eigenvalue weighted by atomic mass is 10.0. The zero-order valence-corrected chi connectivity index (χ0v) is 10.6. The van der Waals surface area contributed by atoms with Crippen LogP contribution in [0.15, 0.2) is 42.7 Å². The van der Waals surface area contributed by atoms with E-state index in [1.54, 1.807) is 13.3 Å². The van der Waals surface area contributed by atoms with Crippen LogP contribution in [0.3, 0.4) is 0 Å². The van der Waals surface area contributed by atoms with E-state index in [0.717, 1.165) is 36.3 Å². The molecule has 0 saturated carbocycles. The highest BCUT2D eigenvalue weighted by Crippen LogP contribution is 2.15. The quantitative estimate of drug-likeness (QED) is 0.877. The predicted molar refractivity (Wildman–Crippen MR) is 73.7 cm³/mol. The molecule has 0 saturated heterocycles. The van der Waals surface area contributed by atoms with Crippen molar-refractivity contribution in [3.63, 3.8) is 0 Å². The van der Waals surface area contributed by atoms with E-state index in [1.807, 2.05) is 24.4 Å². The molecule has 94 valence electrons. The Bertz CT molecular complexity index is 494. The first-order valence-electron chi connectivity index (χ1n) is 6.11. The van der Waals surface area contributed by atoms with Crippen LogP contribution < -0.4 is 10.5 Å². The third kappa shape index (κ3) is 3.23. The van der Waals surface area contributed by atoms with Crippen LogP contribution in [0.1, 0.15) is 17.5 Å². The second kappa shape index (κ2) is 6.05. The van der Waals surface area contributed by atoms with Crippen molar-refractivity contribution in [1.29, 1.82) is 0 Å². The molecule has 3 heteroatoms. The Morgan fingerprint density at radius 3 is 2.56 bits per heavy atom. The average molecular weight is 242 g/mol. The molecule has 0 aliphatic heterocycles. The number of methoxy groups -OCH3 is 1. The Morgan fingerprint density at radius 1 is 1.11 bits per heavy atom. The van der Waals surface area contributed by atoms with Crippen LogP contribution in [0, 0.1) is 0 Å². The minimum absolute atomic E-state index is 0.833. The van der Waals surface area contributed by atoms with E-state index in [2.05, 4.69) is 17.1 Å². The third-order valence-electron chi connectivity index (χ3n) is 3.01. The summed E-state index contributed by atoms with van der Waals surface area (Å²) in [7, 11) is 1.68. The van der Waals surface area contributed by atoms with E-state index in [1.165, 1.54) is 5.56 Å². The normalized spacial score (nSPS) is 10.3. The number of anilines is 1. The molecule has 2 N–H and O–H groups in total. The summed E-state index contributed by atoms with van der Waals surface area (Å²) in [5.74, 6) is 0.898. The maximum Gasteiger partial charge on any atom is 0.118 e. The molecule has 0 aliphatic rings. The molecule has 0 spiro atoms. The molecule has 2 rings (SSSR count). The summed E-state index contributed by atoms with van der Waals surface area (Å²) >= 11 is 0. The van der Waals surface area contributed by atoms with Crippen molar-refractivity contribution in [1.82, 2.24) is 4.98 Å². The van der Waals surface area contributed by atoms with Gasteiger partial charge in [0, 0.05) is 18.1 Å². The van der Waals surface area contributed by atoms with Gasteiger partial charge in [-0.3, -0.25) is 4.98 Å². The van der Waals surface area contributed by atoms with Crippen molar-refractivity contribution in [2.24, 2.45) is 0 Å². The van der Waals surface area contributed by atoms with Crippen molar-refractivity contribution < 1.29 is 4.74 Å². The monoisotopic (exact) mass is 242 g/mol. The summed E-state index contributed by atoms with van der Waals surface area (Å²) in [5, 5.41) is 0. The van der Waals surface area contributed by atoms with E-state index in [-0.39, 0.29) is 0 Å². The number of aromatic nitrogens is 1.